The van der Waals surface area contributed by atoms with Crippen LogP contribution in [0.15, 0.2) is 25.3 Å². The smallest absolute Gasteiger partial charge is 0.312 e. The lowest BCUT2D eigenvalue weighted by atomic mass is 9.66. The highest BCUT2D eigenvalue weighted by molar-refractivity contribution is 5.98. The van der Waals surface area contributed by atoms with E-state index in [9.17, 15) is 19.5 Å². The fourth-order valence-electron chi connectivity index (χ4n) is 6.60. The Labute approximate surface area is 222 Å². The Kier molecular flexibility index (Phi) is 9.62. The van der Waals surface area contributed by atoms with Crippen LogP contribution in [0.5, 0.6) is 0 Å². The van der Waals surface area contributed by atoms with Crippen LogP contribution < -0.4 is 0 Å². The maximum Gasteiger partial charge on any atom is 0.312 e. The third-order valence-corrected chi connectivity index (χ3v) is 8.51. The van der Waals surface area contributed by atoms with Gasteiger partial charge in [-0.3, -0.25) is 14.4 Å². The van der Waals surface area contributed by atoms with E-state index in [2.05, 4.69) is 20.1 Å². The number of aliphatic hydroxyl groups excluding tert-OH is 1. The molecule has 6 atom stereocenters. The van der Waals surface area contributed by atoms with Gasteiger partial charge < -0.3 is 24.4 Å². The van der Waals surface area contributed by atoms with E-state index in [-0.39, 0.29) is 30.9 Å². The van der Waals surface area contributed by atoms with E-state index in [1.54, 1.807) is 15.9 Å². The molecule has 3 aliphatic heterocycles. The molecule has 3 aliphatic rings. The maximum absolute atomic E-state index is 14.2. The van der Waals surface area contributed by atoms with Gasteiger partial charge in [-0.2, -0.15) is 0 Å². The molecule has 3 fully saturated rings. The predicted octanol–water partition coefficient (Wildman–Crippen LogP) is 3.48. The first-order valence-electron chi connectivity index (χ1n) is 13.9. The van der Waals surface area contributed by atoms with Crippen LogP contribution in [-0.4, -0.2) is 82.3 Å². The van der Waals surface area contributed by atoms with Crippen molar-refractivity contribution in [3.05, 3.63) is 25.3 Å². The number of carbonyl (C=O) groups is 3. The lowest BCUT2D eigenvalue weighted by Gasteiger charge is -2.40. The van der Waals surface area contributed by atoms with Gasteiger partial charge in [0.05, 0.1) is 30.8 Å². The monoisotopic (exact) mass is 518 g/mol. The van der Waals surface area contributed by atoms with Crippen molar-refractivity contribution >= 4 is 17.8 Å². The minimum atomic E-state index is -1.12. The molecule has 0 saturated carbocycles. The molecule has 2 amide bonds. The number of likely N-dealkylation sites (tertiary alicyclic amines) is 1. The lowest BCUT2D eigenvalue weighted by molar-refractivity contribution is -0.162. The summed E-state index contributed by atoms with van der Waals surface area (Å²) >= 11 is 0. The van der Waals surface area contributed by atoms with E-state index in [0.717, 1.165) is 25.7 Å². The Hall–Kier alpha value is -2.19. The van der Waals surface area contributed by atoms with Crippen LogP contribution in [0.25, 0.3) is 0 Å². The molecule has 3 rings (SSSR count). The molecule has 3 saturated heterocycles. The normalized spacial score (nSPS) is 30.9. The van der Waals surface area contributed by atoms with E-state index >= 15 is 0 Å². The summed E-state index contributed by atoms with van der Waals surface area (Å²) in [5, 5.41) is 10.3. The largest absolute Gasteiger partial charge is 0.465 e. The van der Waals surface area contributed by atoms with E-state index in [1.165, 1.54) is 0 Å². The molecule has 1 N–H and O–H groups in total. The van der Waals surface area contributed by atoms with Crippen LogP contribution in [0.3, 0.4) is 0 Å². The second kappa shape index (κ2) is 12.1. The predicted molar refractivity (Wildman–Crippen MR) is 141 cm³/mol. The fourth-order valence-corrected chi connectivity index (χ4v) is 6.60. The first-order valence-corrected chi connectivity index (χ1v) is 13.9. The number of hydrogen-bond donors (Lipinski definition) is 1. The fraction of sp³-hybridized carbons (Fsp3) is 0.759. The maximum atomic E-state index is 14.2. The van der Waals surface area contributed by atoms with Crippen LogP contribution in [0.1, 0.15) is 72.6 Å². The molecular formula is C29H46N2O6. The van der Waals surface area contributed by atoms with Crippen molar-refractivity contribution in [3.8, 4) is 0 Å². The number of allylic oxidation sites excluding steroid dienone is 1. The minimum Gasteiger partial charge on any atom is -0.465 e. The average Bonchev–Trinajstić information content (AvgIpc) is 3.42. The van der Waals surface area contributed by atoms with Gasteiger partial charge in [-0.15, -0.1) is 13.2 Å². The highest BCUT2D eigenvalue weighted by Crippen LogP contribution is 2.63. The Balaban J connectivity index is 2.00. The highest BCUT2D eigenvalue weighted by Gasteiger charge is 2.79. The molecule has 0 radical (unpaired) electrons. The number of unbranched alkanes of at least 4 members (excludes halogenated alkanes) is 3. The van der Waals surface area contributed by atoms with Crippen molar-refractivity contribution < 1.29 is 29.0 Å². The second-order valence-corrected chi connectivity index (χ2v) is 11.3. The zero-order valence-electron chi connectivity index (χ0n) is 23.1. The first kappa shape index (κ1) is 29.4. The number of fused-ring (bicyclic) bond motifs is 1. The number of ether oxygens (including phenoxy) is 2. The number of aliphatic hydroxyl groups is 1. The third kappa shape index (κ3) is 5.24. The van der Waals surface area contributed by atoms with Gasteiger partial charge in [0.2, 0.25) is 11.8 Å². The zero-order chi connectivity index (χ0) is 27.4. The molecule has 0 aliphatic carbocycles. The number of carbonyl (C=O) groups excluding carboxylic acids is 3. The van der Waals surface area contributed by atoms with Crippen LogP contribution >= 0.6 is 0 Å². The topological polar surface area (TPSA) is 96.4 Å². The Bertz CT molecular complexity index is 874. The third-order valence-electron chi connectivity index (χ3n) is 8.51. The quantitative estimate of drug-likeness (QED) is 0.203. The second-order valence-electron chi connectivity index (χ2n) is 11.3. The Morgan fingerprint density at radius 2 is 1.97 bits per heavy atom. The molecule has 37 heavy (non-hydrogen) atoms. The van der Waals surface area contributed by atoms with Crippen LogP contribution in [-0.2, 0) is 23.9 Å². The minimum absolute atomic E-state index is 0.0916. The number of hydrogen-bond acceptors (Lipinski definition) is 6. The summed E-state index contributed by atoms with van der Waals surface area (Å²) in [5.41, 5.74) is -1.99. The standard InChI is InChI=1S/C29H46N2O6/c1-7-10-12-13-18-36-27(35)23-22-25(33)31(21(19-32)20(4)5)24(29(22)15-14-28(23,6)37-29)26(34)30(16-9-3)17-11-8-2/h7,9,20-24,32H,1,3,8,10-19H2,2,4-6H3/t21-,22-,23+,24?,28-,29?/m0/s1. The van der Waals surface area contributed by atoms with Crippen molar-refractivity contribution in [2.75, 3.05) is 26.3 Å². The van der Waals surface area contributed by atoms with Gasteiger partial charge in [-0.1, -0.05) is 39.3 Å². The molecule has 2 unspecified atom stereocenters. The van der Waals surface area contributed by atoms with Gasteiger partial charge in [0.15, 0.2) is 0 Å². The van der Waals surface area contributed by atoms with Crippen molar-refractivity contribution in [2.45, 2.75) is 95.9 Å². The van der Waals surface area contributed by atoms with E-state index in [0.29, 0.717) is 32.4 Å². The van der Waals surface area contributed by atoms with Gasteiger partial charge in [0.1, 0.15) is 17.6 Å². The van der Waals surface area contributed by atoms with Gasteiger partial charge >= 0.3 is 5.97 Å². The first-order chi connectivity index (χ1) is 17.6. The van der Waals surface area contributed by atoms with Crippen LogP contribution in [0, 0.1) is 17.8 Å². The molecule has 3 heterocycles. The van der Waals surface area contributed by atoms with Crippen molar-refractivity contribution in [1.29, 1.82) is 0 Å². The molecule has 2 bridgehead atoms. The number of rotatable bonds is 15. The number of esters is 1. The van der Waals surface area contributed by atoms with Crippen LogP contribution in [0.4, 0.5) is 0 Å². The molecule has 8 heteroatoms. The Morgan fingerprint density at radius 3 is 2.57 bits per heavy atom. The summed E-state index contributed by atoms with van der Waals surface area (Å²) in [4.78, 5) is 45.1. The molecule has 1 spiro atoms. The number of nitrogens with zero attached hydrogens (tertiary/aromatic N) is 2. The van der Waals surface area contributed by atoms with Crippen molar-refractivity contribution in [1.82, 2.24) is 9.80 Å². The molecular weight excluding hydrogens is 472 g/mol. The SMILES string of the molecule is C=CCCCCOC(=O)[C@H]1[C@H]2C(=O)N([C@@H](CO)C(C)C)C(C(=O)N(CC=C)CCCC)C23CC[C@]1(C)O3. The van der Waals surface area contributed by atoms with Crippen molar-refractivity contribution in [3.63, 3.8) is 0 Å². The molecule has 0 aromatic rings. The molecule has 0 aromatic heterocycles. The summed E-state index contributed by atoms with van der Waals surface area (Å²) in [6, 6.07) is -1.47. The van der Waals surface area contributed by atoms with Gasteiger partial charge in [-0.25, -0.2) is 0 Å². The van der Waals surface area contributed by atoms with E-state index < -0.39 is 41.1 Å². The van der Waals surface area contributed by atoms with E-state index in [1.807, 2.05) is 26.8 Å². The summed E-state index contributed by atoms with van der Waals surface area (Å²) < 4.78 is 12.3. The molecule has 208 valence electrons. The summed E-state index contributed by atoms with van der Waals surface area (Å²) in [7, 11) is 0. The number of amides is 2. The highest BCUT2D eigenvalue weighted by atomic mass is 16.6. The van der Waals surface area contributed by atoms with Crippen LogP contribution in [0.2, 0.25) is 0 Å². The molecule has 0 aromatic carbocycles. The lowest BCUT2D eigenvalue weighted by Crippen LogP contribution is -2.59. The Morgan fingerprint density at radius 1 is 1.24 bits per heavy atom. The average molecular weight is 519 g/mol. The summed E-state index contributed by atoms with van der Waals surface area (Å²) in [5.74, 6) is -2.63. The van der Waals surface area contributed by atoms with Gasteiger partial charge in [0, 0.05) is 13.1 Å². The van der Waals surface area contributed by atoms with Gasteiger partial charge in [-0.05, 0) is 51.4 Å². The van der Waals surface area contributed by atoms with Crippen molar-refractivity contribution in [2.24, 2.45) is 17.8 Å². The van der Waals surface area contributed by atoms with E-state index in [4.69, 9.17) is 9.47 Å². The zero-order valence-corrected chi connectivity index (χ0v) is 23.1. The summed E-state index contributed by atoms with van der Waals surface area (Å²) in [6.07, 6.45) is 8.77. The molecule has 8 nitrogen and oxygen atoms in total. The van der Waals surface area contributed by atoms with Gasteiger partial charge in [0.25, 0.3) is 0 Å². The summed E-state index contributed by atoms with van der Waals surface area (Å²) in [6.45, 7) is 16.2.